The summed E-state index contributed by atoms with van der Waals surface area (Å²) in [4.78, 5) is 13.0. The molecule has 1 aliphatic carbocycles. The number of carbonyl (C=O) groups excluding carboxylic acids is 1. The molecular formula is C32H33FN4O4S. The molecule has 8 nitrogen and oxygen atoms in total. The SMILES string of the molecule is COCC(C)(C)c1c(-c2ccc(C(=O)N[C@H]3C[C@H](S(C)(=O)=O)C3)cc2)c2cc3[nH]ncc3cc2n1-c1ccc(F)cc1. The van der Waals surface area contributed by atoms with Gasteiger partial charge in [0.15, 0.2) is 0 Å². The Morgan fingerprint density at radius 2 is 1.81 bits per heavy atom. The number of hydrogen-bond acceptors (Lipinski definition) is 5. The lowest BCUT2D eigenvalue weighted by atomic mass is 9.84. The van der Waals surface area contributed by atoms with Crippen molar-refractivity contribution in [1.82, 2.24) is 20.1 Å². The number of ether oxygens (including phenoxy) is 1. The number of nitrogens with one attached hydrogen (secondary N) is 2. The summed E-state index contributed by atoms with van der Waals surface area (Å²) < 4.78 is 45.3. The molecule has 0 spiro atoms. The Bertz CT molecular complexity index is 1900. The number of H-pyrrole nitrogens is 1. The van der Waals surface area contributed by atoms with Gasteiger partial charge in [-0.25, -0.2) is 12.8 Å². The number of benzene rings is 3. The summed E-state index contributed by atoms with van der Waals surface area (Å²) in [5.41, 5.74) is 5.57. The highest BCUT2D eigenvalue weighted by atomic mass is 32.2. The predicted octanol–water partition coefficient (Wildman–Crippen LogP) is 5.54. The maximum atomic E-state index is 14.0. The summed E-state index contributed by atoms with van der Waals surface area (Å²) in [6.45, 7) is 4.67. The fourth-order valence-electron chi connectivity index (χ4n) is 6.04. The number of carbonyl (C=O) groups is 1. The summed E-state index contributed by atoms with van der Waals surface area (Å²) in [6, 6.07) is 17.9. The van der Waals surface area contributed by atoms with E-state index in [0.29, 0.717) is 25.0 Å². The van der Waals surface area contributed by atoms with Crippen molar-refractivity contribution in [3.05, 3.63) is 83.9 Å². The number of fused-ring (bicyclic) bond motifs is 2. The molecule has 2 heterocycles. The van der Waals surface area contributed by atoms with Gasteiger partial charge in [0.2, 0.25) is 0 Å². The zero-order chi connectivity index (χ0) is 29.8. The molecule has 2 aromatic heterocycles. The van der Waals surface area contributed by atoms with Gasteiger partial charge in [0.1, 0.15) is 15.7 Å². The van der Waals surface area contributed by atoms with Gasteiger partial charge in [-0.15, -0.1) is 0 Å². The molecule has 0 aliphatic heterocycles. The summed E-state index contributed by atoms with van der Waals surface area (Å²) >= 11 is 0. The third-order valence-corrected chi connectivity index (χ3v) is 9.83. The Morgan fingerprint density at radius 1 is 1.12 bits per heavy atom. The van der Waals surface area contributed by atoms with Crippen LogP contribution in [0.2, 0.25) is 0 Å². The second kappa shape index (κ2) is 10.4. The zero-order valence-corrected chi connectivity index (χ0v) is 24.8. The summed E-state index contributed by atoms with van der Waals surface area (Å²) in [5.74, 6) is -0.542. The predicted molar refractivity (Wildman–Crippen MR) is 162 cm³/mol. The molecule has 1 saturated carbocycles. The van der Waals surface area contributed by atoms with Gasteiger partial charge in [-0.2, -0.15) is 5.10 Å². The molecule has 0 bridgehead atoms. The lowest BCUT2D eigenvalue weighted by molar-refractivity contribution is 0.0918. The molecule has 0 atom stereocenters. The largest absolute Gasteiger partial charge is 0.384 e. The normalized spacial score (nSPS) is 17.5. The van der Waals surface area contributed by atoms with Gasteiger partial charge in [0, 0.05) is 58.1 Å². The molecule has 1 aliphatic rings. The maximum absolute atomic E-state index is 14.0. The van der Waals surface area contributed by atoms with Gasteiger partial charge < -0.3 is 14.6 Å². The van der Waals surface area contributed by atoms with Gasteiger partial charge in [-0.3, -0.25) is 9.89 Å². The molecule has 1 fully saturated rings. The van der Waals surface area contributed by atoms with Gasteiger partial charge in [-0.1, -0.05) is 26.0 Å². The standard InChI is InChI=1S/C32H33FN4O4S/c1-32(2,18-41-3)30-29(19-5-7-20(8-6-19)31(38)35-23-14-25(15-23)42(4,39)40)26-16-27-21(17-34-36-27)13-28(26)37(30)24-11-9-22(33)10-12-24/h5-13,16-17,23,25H,14-15,18H2,1-4H3,(H,34,36)(H,35,38)/t23-,25-. The highest BCUT2D eigenvalue weighted by molar-refractivity contribution is 7.91. The topological polar surface area (TPSA) is 106 Å². The third kappa shape index (κ3) is 4.98. The van der Waals surface area contributed by atoms with E-state index in [0.717, 1.165) is 44.3 Å². The van der Waals surface area contributed by atoms with E-state index < -0.39 is 15.3 Å². The third-order valence-electron chi connectivity index (χ3n) is 8.23. The van der Waals surface area contributed by atoms with E-state index in [2.05, 4.69) is 46.1 Å². The van der Waals surface area contributed by atoms with Crippen LogP contribution in [0.4, 0.5) is 4.39 Å². The monoisotopic (exact) mass is 588 g/mol. The molecule has 218 valence electrons. The second-order valence-corrected chi connectivity index (χ2v) is 14.2. The van der Waals surface area contributed by atoms with Crippen molar-refractivity contribution in [1.29, 1.82) is 0 Å². The van der Waals surface area contributed by atoms with Crippen molar-refractivity contribution in [2.45, 2.75) is 43.4 Å². The zero-order valence-electron chi connectivity index (χ0n) is 23.9. The first-order valence-corrected chi connectivity index (χ1v) is 15.8. The number of halogens is 1. The summed E-state index contributed by atoms with van der Waals surface area (Å²) in [7, 11) is -1.42. The van der Waals surface area contributed by atoms with Crippen LogP contribution in [0.15, 0.2) is 66.9 Å². The summed E-state index contributed by atoms with van der Waals surface area (Å²) in [5, 5.41) is 11.8. The molecule has 10 heteroatoms. The number of rotatable bonds is 8. The average molecular weight is 589 g/mol. The second-order valence-electron chi connectivity index (χ2n) is 11.8. The van der Waals surface area contributed by atoms with Crippen LogP contribution in [0.25, 0.3) is 38.6 Å². The van der Waals surface area contributed by atoms with Crippen molar-refractivity contribution in [3.63, 3.8) is 0 Å². The minimum Gasteiger partial charge on any atom is -0.384 e. The number of nitrogens with zero attached hydrogens (tertiary/aromatic N) is 2. The van der Waals surface area contributed by atoms with Crippen LogP contribution in [-0.4, -0.2) is 60.4 Å². The van der Waals surface area contributed by atoms with Crippen LogP contribution in [-0.2, 0) is 20.0 Å². The first-order chi connectivity index (χ1) is 20.0. The lowest BCUT2D eigenvalue weighted by Crippen LogP contribution is -2.49. The highest BCUT2D eigenvalue weighted by Gasteiger charge is 2.37. The number of aromatic amines is 1. The first-order valence-electron chi connectivity index (χ1n) is 13.8. The van der Waals surface area contributed by atoms with E-state index in [1.807, 2.05) is 12.1 Å². The molecular weight excluding hydrogens is 555 g/mol. The van der Waals surface area contributed by atoms with Crippen molar-refractivity contribution in [2.24, 2.45) is 0 Å². The van der Waals surface area contributed by atoms with Crippen molar-refractivity contribution >= 4 is 37.6 Å². The first kappa shape index (κ1) is 28.1. The number of amides is 1. The fraction of sp³-hybridized carbons (Fsp3) is 0.312. The van der Waals surface area contributed by atoms with Gasteiger partial charge in [0.05, 0.1) is 29.1 Å². The number of sulfone groups is 1. The van der Waals surface area contributed by atoms with Crippen molar-refractivity contribution in [3.8, 4) is 16.8 Å². The highest BCUT2D eigenvalue weighted by Crippen LogP contribution is 2.44. The van der Waals surface area contributed by atoms with Gasteiger partial charge >= 0.3 is 0 Å². The molecule has 0 unspecified atom stereocenters. The molecule has 6 rings (SSSR count). The maximum Gasteiger partial charge on any atom is 0.251 e. The molecule has 0 saturated heterocycles. The molecule has 0 radical (unpaired) electrons. The molecule has 5 aromatic rings. The summed E-state index contributed by atoms with van der Waals surface area (Å²) in [6.07, 6.45) is 3.89. The van der Waals surface area contributed by atoms with Crippen LogP contribution in [0.3, 0.4) is 0 Å². The Labute approximate surface area is 243 Å². The van der Waals surface area contributed by atoms with Crippen molar-refractivity contribution < 1.29 is 22.3 Å². The van der Waals surface area contributed by atoms with Gasteiger partial charge in [0.25, 0.3) is 5.91 Å². The average Bonchev–Trinajstić information content (AvgIpc) is 3.51. The molecule has 3 aromatic carbocycles. The number of aromatic nitrogens is 3. The molecule has 2 N–H and O–H groups in total. The quantitative estimate of drug-likeness (QED) is 0.248. The van der Waals surface area contributed by atoms with Gasteiger partial charge in [-0.05, 0) is 66.9 Å². The van der Waals surface area contributed by atoms with Crippen LogP contribution >= 0.6 is 0 Å². The molecule has 1 amide bonds. The van der Waals surface area contributed by atoms with Crippen LogP contribution in [0.1, 0.15) is 42.7 Å². The van der Waals surface area contributed by atoms with E-state index >= 15 is 0 Å². The van der Waals surface area contributed by atoms with Crippen LogP contribution < -0.4 is 5.32 Å². The smallest absolute Gasteiger partial charge is 0.251 e. The van der Waals surface area contributed by atoms with E-state index in [4.69, 9.17) is 4.74 Å². The number of hydrogen-bond donors (Lipinski definition) is 2. The van der Waals surface area contributed by atoms with Crippen LogP contribution in [0.5, 0.6) is 0 Å². The van der Waals surface area contributed by atoms with E-state index in [9.17, 15) is 17.6 Å². The Balaban J connectivity index is 1.47. The van der Waals surface area contributed by atoms with Crippen LogP contribution in [0, 0.1) is 5.82 Å². The number of methoxy groups -OCH3 is 1. The Kier molecular flexibility index (Phi) is 6.93. The van der Waals surface area contributed by atoms with E-state index in [1.54, 1.807) is 37.6 Å². The molecule has 42 heavy (non-hydrogen) atoms. The lowest BCUT2D eigenvalue weighted by Gasteiger charge is -2.34. The van der Waals surface area contributed by atoms with Crippen molar-refractivity contribution in [2.75, 3.05) is 20.0 Å². The van der Waals surface area contributed by atoms with E-state index in [1.165, 1.54) is 18.4 Å². The van der Waals surface area contributed by atoms with E-state index in [-0.39, 0.29) is 23.0 Å². The fourth-order valence-corrected chi connectivity index (χ4v) is 7.20. The Morgan fingerprint density at radius 3 is 2.45 bits per heavy atom. The Hall–Kier alpha value is -4.02. The minimum absolute atomic E-state index is 0.149. The minimum atomic E-state index is -3.09.